The smallest absolute Gasteiger partial charge is 0.250 e. The van der Waals surface area contributed by atoms with E-state index in [1.807, 2.05) is 13.8 Å². The van der Waals surface area contributed by atoms with Crippen LogP contribution in [0.15, 0.2) is 22.6 Å². The molecular formula is C13H15ClFN3O. The third kappa shape index (κ3) is 3.11. The molecular weight excluding hydrogens is 269 g/mol. The standard InChI is InChI=1S/C13H15ClFN3O/c1-3-11(16-4-2)13-18-17-12(19-13)9-6-5-8(14)7-10(9)15/h5-7,11,16H,3-4H2,1-2H3. The van der Waals surface area contributed by atoms with Crippen molar-refractivity contribution in [3.63, 3.8) is 0 Å². The van der Waals surface area contributed by atoms with Crippen LogP contribution >= 0.6 is 11.6 Å². The van der Waals surface area contributed by atoms with Gasteiger partial charge in [-0.15, -0.1) is 10.2 Å². The Labute approximate surface area is 116 Å². The maximum Gasteiger partial charge on any atom is 0.250 e. The number of nitrogens with zero attached hydrogens (tertiary/aromatic N) is 2. The van der Waals surface area contributed by atoms with Crippen LogP contribution in [0.3, 0.4) is 0 Å². The second kappa shape index (κ2) is 6.12. The summed E-state index contributed by atoms with van der Waals surface area (Å²) in [5.41, 5.74) is 0.259. The van der Waals surface area contributed by atoms with Crippen LogP contribution in [0.1, 0.15) is 32.2 Å². The van der Waals surface area contributed by atoms with Crippen LogP contribution in [0, 0.1) is 5.82 Å². The van der Waals surface area contributed by atoms with E-state index in [2.05, 4.69) is 15.5 Å². The normalized spacial score (nSPS) is 12.6. The molecule has 0 saturated heterocycles. The molecule has 0 spiro atoms. The maximum atomic E-state index is 13.7. The molecule has 0 aliphatic carbocycles. The Bertz CT molecular complexity index is 559. The van der Waals surface area contributed by atoms with Gasteiger partial charge in [-0.3, -0.25) is 0 Å². The van der Waals surface area contributed by atoms with Gasteiger partial charge in [-0.05, 0) is 31.2 Å². The molecule has 1 heterocycles. The quantitative estimate of drug-likeness (QED) is 0.911. The molecule has 0 radical (unpaired) electrons. The van der Waals surface area contributed by atoms with Crippen molar-refractivity contribution >= 4 is 11.6 Å². The average Bonchev–Trinajstić information content (AvgIpc) is 2.85. The molecule has 0 aliphatic heterocycles. The molecule has 0 bridgehead atoms. The van der Waals surface area contributed by atoms with Gasteiger partial charge in [0.25, 0.3) is 5.89 Å². The van der Waals surface area contributed by atoms with Crippen LogP contribution in [0.5, 0.6) is 0 Å². The lowest BCUT2D eigenvalue weighted by molar-refractivity contribution is 0.401. The van der Waals surface area contributed by atoms with E-state index in [0.717, 1.165) is 13.0 Å². The summed E-state index contributed by atoms with van der Waals surface area (Å²) in [5, 5.41) is 11.4. The van der Waals surface area contributed by atoms with E-state index in [4.69, 9.17) is 16.0 Å². The molecule has 2 rings (SSSR count). The summed E-state index contributed by atoms with van der Waals surface area (Å²) in [5.74, 6) is 0.161. The van der Waals surface area contributed by atoms with Crippen LogP contribution in [0.4, 0.5) is 4.39 Å². The Morgan fingerprint density at radius 2 is 2.16 bits per heavy atom. The van der Waals surface area contributed by atoms with Gasteiger partial charge >= 0.3 is 0 Å². The second-order valence-corrected chi connectivity index (χ2v) is 4.52. The maximum absolute atomic E-state index is 13.7. The minimum Gasteiger partial charge on any atom is -0.419 e. The highest BCUT2D eigenvalue weighted by molar-refractivity contribution is 6.30. The zero-order valence-electron chi connectivity index (χ0n) is 10.8. The minimum atomic E-state index is -0.473. The van der Waals surface area contributed by atoms with Gasteiger partial charge in [-0.25, -0.2) is 4.39 Å². The van der Waals surface area contributed by atoms with Gasteiger partial charge in [0, 0.05) is 5.02 Å². The summed E-state index contributed by atoms with van der Waals surface area (Å²) in [6, 6.07) is 4.33. The van der Waals surface area contributed by atoms with E-state index in [1.165, 1.54) is 12.1 Å². The van der Waals surface area contributed by atoms with Crippen molar-refractivity contribution in [1.82, 2.24) is 15.5 Å². The van der Waals surface area contributed by atoms with Gasteiger partial charge in [-0.1, -0.05) is 25.4 Å². The molecule has 0 amide bonds. The monoisotopic (exact) mass is 283 g/mol. The molecule has 4 nitrogen and oxygen atoms in total. The molecule has 0 saturated carbocycles. The number of aromatic nitrogens is 2. The molecule has 19 heavy (non-hydrogen) atoms. The zero-order valence-corrected chi connectivity index (χ0v) is 11.5. The SMILES string of the molecule is CCNC(CC)c1nnc(-c2ccc(Cl)cc2F)o1. The Morgan fingerprint density at radius 3 is 2.79 bits per heavy atom. The molecule has 1 aromatic heterocycles. The summed E-state index contributed by atoms with van der Waals surface area (Å²) >= 11 is 5.71. The first-order valence-corrected chi connectivity index (χ1v) is 6.55. The molecule has 0 aliphatic rings. The molecule has 1 unspecified atom stereocenters. The largest absolute Gasteiger partial charge is 0.419 e. The number of halogens is 2. The topological polar surface area (TPSA) is 51.0 Å². The fourth-order valence-corrected chi connectivity index (χ4v) is 1.96. The molecule has 1 aromatic carbocycles. The number of hydrogen-bond donors (Lipinski definition) is 1. The van der Waals surface area contributed by atoms with Crippen LogP contribution in [-0.2, 0) is 0 Å². The molecule has 1 atom stereocenters. The summed E-state index contributed by atoms with van der Waals surface area (Å²) < 4.78 is 19.3. The van der Waals surface area contributed by atoms with Crippen molar-refractivity contribution < 1.29 is 8.81 Å². The van der Waals surface area contributed by atoms with E-state index < -0.39 is 5.82 Å². The Balaban J connectivity index is 2.29. The van der Waals surface area contributed by atoms with E-state index in [-0.39, 0.29) is 17.5 Å². The highest BCUT2D eigenvalue weighted by Gasteiger charge is 2.18. The first-order valence-electron chi connectivity index (χ1n) is 6.17. The molecule has 0 fully saturated rings. The number of nitrogens with one attached hydrogen (secondary N) is 1. The van der Waals surface area contributed by atoms with Crippen molar-refractivity contribution in [2.75, 3.05) is 6.54 Å². The Hall–Kier alpha value is -1.46. The van der Waals surface area contributed by atoms with Gasteiger partial charge in [0.2, 0.25) is 5.89 Å². The third-order valence-corrected chi connectivity index (χ3v) is 2.99. The summed E-state index contributed by atoms with van der Waals surface area (Å²) in [6.45, 7) is 4.81. The van der Waals surface area contributed by atoms with E-state index >= 15 is 0 Å². The van der Waals surface area contributed by atoms with Crippen LogP contribution < -0.4 is 5.32 Å². The van der Waals surface area contributed by atoms with Gasteiger partial charge in [0.1, 0.15) is 5.82 Å². The van der Waals surface area contributed by atoms with Crippen molar-refractivity contribution in [3.05, 3.63) is 34.9 Å². The van der Waals surface area contributed by atoms with Gasteiger partial charge < -0.3 is 9.73 Å². The van der Waals surface area contributed by atoms with Crippen LogP contribution in [0.25, 0.3) is 11.5 Å². The molecule has 1 N–H and O–H groups in total. The number of rotatable bonds is 5. The van der Waals surface area contributed by atoms with E-state index in [1.54, 1.807) is 6.07 Å². The lowest BCUT2D eigenvalue weighted by Crippen LogP contribution is -2.20. The molecule has 2 aromatic rings. The van der Waals surface area contributed by atoms with E-state index in [9.17, 15) is 4.39 Å². The first kappa shape index (κ1) is 14.0. The van der Waals surface area contributed by atoms with Crippen molar-refractivity contribution in [2.24, 2.45) is 0 Å². The average molecular weight is 284 g/mol. The fraction of sp³-hybridized carbons (Fsp3) is 0.385. The molecule has 102 valence electrons. The van der Waals surface area contributed by atoms with Crippen molar-refractivity contribution in [3.8, 4) is 11.5 Å². The van der Waals surface area contributed by atoms with Crippen molar-refractivity contribution in [1.29, 1.82) is 0 Å². The van der Waals surface area contributed by atoms with Gasteiger partial charge in [0.05, 0.1) is 11.6 Å². The summed E-state index contributed by atoms with van der Waals surface area (Å²) in [7, 11) is 0. The first-order chi connectivity index (χ1) is 9.15. The lowest BCUT2D eigenvalue weighted by atomic mass is 10.2. The highest BCUT2D eigenvalue weighted by atomic mass is 35.5. The van der Waals surface area contributed by atoms with Crippen LogP contribution in [-0.4, -0.2) is 16.7 Å². The lowest BCUT2D eigenvalue weighted by Gasteiger charge is -2.10. The fourth-order valence-electron chi connectivity index (χ4n) is 1.80. The third-order valence-electron chi connectivity index (χ3n) is 2.76. The Kier molecular flexibility index (Phi) is 4.50. The zero-order chi connectivity index (χ0) is 13.8. The highest BCUT2D eigenvalue weighted by Crippen LogP contribution is 2.26. The predicted octanol–water partition coefficient (Wildman–Crippen LogP) is 3.59. The van der Waals surface area contributed by atoms with Gasteiger partial charge in [0.15, 0.2) is 0 Å². The summed E-state index contributed by atoms with van der Waals surface area (Å²) in [4.78, 5) is 0. The Morgan fingerprint density at radius 1 is 1.37 bits per heavy atom. The number of hydrogen-bond acceptors (Lipinski definition) is 4. The van der Waals surface area contributed by atoms with Crippen LogP contribution in [0.2, 0.25) is 5.02 Å². The second-order valence-electron chi connectivity index (χ2n) is 4.09. The predicted molar refractivity (Wildman–Crippen MR) is 71.4 cm³/mol. The van der Waals surface area contributed by atoms with E-state index in [0.29, 0.717) is 10.9 Å². The summed E-state index contributed by atoms with van der Waals surface area (Å²) in [6.07, 6.45) is 0.818. The van der Waals surface area contributed by atoms with Crippen molar-refractivity contribution in [2.45, 2.75) is 26.3 Å². The minimum absolute atomic E-state index is 0.0124. The molecule has 6 heteroatoms. The van der Waals surface area contributed by atoms with Gasteiger partial charge in [-0.2, -0.15) is 0 Å². The number of benzene rings is 1.